The summed E-state index contributed by atoms with van der Waals surface area (Å²) in [4.78, 5) is 0. The molecular weight excluding hydrogens is 272 g/mol. The molecule has 106 valence electrons. The van der Waals surface area contributed by atoms with Gasteiger partial charge in [-0.05, 0) is 24.3 Å². The first kappa shape index (κ1) is 12.6. The predicted molar refractivity (Wildman–Crippen MR) is 86.1 cm³/mol. The van der Waals surface area contributed by atoms with Crippen molar-refractivity contribution in [2.24, 2.45) is 0 Å². The molecule has 2 heterocycles. The average molecular weight is 286 g/mol. The van der Waals surface area contributed by atoms with E-state index in [2.05, 4.69) is 10.3 Å². The highest BCUT2D eigenvalue weighted by molar-refractivity contribution is 5.67. The van der Waals surface area contributed by atoms with Crippen LogP contribution in [0.1, 0.15) is 0 Å². The van der Waals surface area contributed by atoms with Crippen LogP contribution in [0.4, 0.5) is 0 Å². The van der Waals surface area contributed by atoms with Crippen LogP contribution < -0.4 is 0 Å². The van der Waals surface area contributed by atoms with E-state index in [-0.39, 0.29) is 0 Å². The van der Waals surface area contributed by atoms with Crippen LogP contribution in [0.2, 0.25) is 0 Å². The molecule has 4 nitrogen and oxygen atoms in total. The number of aromatic nitrogens is 4. The maximum Gasteiger partial charge on any atom is 0.169 e. The summed E-state index contributed by atoms with van der Waals surface area (Å²) in [5, 5.41) is 8.78. The molecule has 0 fully saturated rings. The Bertz CT molecular complexity index is 805. The van der Waals surface area contributed by atoms with E-state index in [4.69, 9.17) is 0 Å². The second-order valence-electron chi connectivity index (χ2n) is 4.97. The van der Waals surface area contributed by atoms with E-state index >= 15 is 0 Å². The van der Waals surface area contributed by atoms with Crippen molar-refractivity contribution >= 4 is 0 Å². The zero-order valence-corrected chi connectivity index (χ0v) is 11.9. The van der Waals surface area contributed by atoms with Gasteiger partial charge in [-0.15, -0.1) is 5.10 Å². The Morgan fingerprint density at radius 3 is 2.00 bits per heavy atom. The fourth-order valence-electron chi connectivity index (χ4n) is 2.51. The van der Waals surface area contributed by atoms with Crippen LogP contribution in [0, 0.1) is 0 Å². The maximum absolute atomic E-state index is 4.41. The van der Waals surface area contributed by atoms with Gasteiger partial charge >= 0.3 is 0 Å². The first-order chi connectivity index (χ1) is 10.9. The van der Waals surface area contributed by atoms with Gasteiger partial charge in [0, 0.05) is 18.0 Å². The average Bonchev–Trinajstić information content (AvgIpc) is 3.25. The van der Waals surface area contributed by atoms with Crippen molar-refractivity contribution in [1.29, 1.82) is 0 Å². The Hall–Kier alpha value is -3.14. The van der Waals surface area contributed by atoms with Crippen LogP contribution in [0.3, 0.4) is 0 Å². The van der Waals surface area contributed by atoms with Crippen molar-refractivity contribution in [3.63, 3.8) is 0 Å². The molecule has 0 bridgehead atoms. The van der Waals surface area contributed by atoms with E-state index in [1.54, 1.807) is 0 Å². The topological polar surface area (TPSA) is 35.6 Å². The van der Waals surface area contributed by atoms with E-state index in [1.165, 1.54) is 0 Å². The third-order valence-corrected chi connectivity index (χ3v) is 3.54. The number of nitrogens with zero attached hydrogens (tertiary/aromatic N) is 4. The van der Waals surface area contributed by atoms with Gasteiger partial charge in [0.25, 0.3) is 0 Å². The lowest BCUT2D eigenvalue weighted by Gasteiger charge is -2.09. The fraction of sp³-hybridized carbons (Fsp3) is 0. The van der Waals surface area contributed by atoms with Gasteiger partial charge in [-0.25, -0.2) is 0 Å². The first-order valence-corrected chi connectivity index (χ1v) is 7.13. The molecule has 0 spiro atoms. The van der Waals surface area contributed by atoms with Gasteiger partial charge in [0.05, 0.1) is 5.69 Å². The lowest BCUT2D eigenvalue weighted by atomic mass is 10.1. The van der Waals surface area contributed by atoms with Gasteiger partial charge in [-0.3, -0.25) is 0 Å². The molecule has 0 saturated carbocycles. The number of rotatable bonds is 3. The molecule has 0 N–H and O–H groups in total. The number of para-hydroxylation sites is 1. The molecule has 4 heteroatoms. The van der Waals surface area contributed by atoms with Gasteiger partial charge in [-0.1, -0.05) is 53.7 Å². The highest BCUT2D eigenvalue weighted by atomic mass is 15.5. The van der Waals surface area contributed by atoms with E-state index in [0.29, 0.717) is 0 Å². The molecule has 22 heavy (non-hydrogen) atoms. The lowest BCUT2D eigenvalue weighted by molar-refractivity contribution is 0.775. The molecule has 0 atom stereocenters. The van der Waals surface area contributed by atoms with Crippen LogP contribution in [0.5, 0.6) is 0 Å². The maximum atomic E-state index is 4.41. The summed E-state index contributed by atoms with van der Waals surface area (Å²) in [5.74, 6) is 0.933. The standard InChI is InChI=1S/C18H14N4/c1-3-9-15(10-4-1)17-18(21-13-7-8-14-21)22(20-19-17)16-11-5-2-6-12-16/h1-14H. The summed E-state index contributed by atoms with van der Waals surface area (Å²) < 4.78 is 3.90. The Kier molecular flexibility index (Phi) is 3.05. The number of benzene rings is 2. The summed E-state index contributed by atoms with van der Waals surface area (Å²) in [6.07, 6.45) is 4.01. The predicted octanol–water partition coefficient (Wildman–Crippen LogP) is 3.73. The van der Waals surface area contributed by atoms with Crippen molar-refractivity contribution in [2.75, 3.05) is 0 Å². The van der Waals surface area contributed by atoms with E-state index < -0.39 is 0 Å². The zero-order valence-electron chi connectivity index (χ0n) is 11.9. The third-order valence-electron chi connectivity index (χ3n) is 3.54. The van der Waals surface area contributed by atoms with E-state index in [0.717, 1.165) is 22.8 Å². The molecule has 2 aromatic heterocycles. The van der Waals surface area contributed by atoms with Crippen molar-refractivity contribution in [3.8, 4) is 22.8 Å². The van der Waals surface area contributed by atoms with Gasteiger partial charge in [0.2, 0.25) is 0 Å². The Labute approximate surface area is 128 Å². The first-order valence-electron chi connectivity index (χ1n) is 7.13. The Morgan fingerprint density at radius 2 is 1.32 bits per heavy atom. The summed E-state index contributed by atoms with van der Waals surface area (Å²) in [7, 11) is 0. The molecule has 2 aromatic carbocycles. The molecule has 0 aliphatic rings. The van der Waals surface area contributed by atoms with Crippen molar-refractivity contribution in [2.45, 2.75) is 0 Å². The van der Waals surface area contributed by atoms with Gasteiger partial charge < -0.3 is 4.57 Å². The zero-order chi connectivity index (χ0) is 14.8. The minimum absolute atomic E-state index is 0.862. The lowest BCUT2D eigenvalue weighted by Crippen LogP contribution is -2.04. The molecule has 0 radical (unpaired) electrons. The molecule has 0 unspecified atom stereocenters. The van der Waals surface area contributed by atoms with Crippen LogP contribution >= 0.6 is 0 Å². The summed E-state index contributed by atoms with van der Waals surface area (Å²) >= 11 is 0. The van der Waals surface area contributed by atoms with Crippen LogP contribution in [0.25, 0.3) is 22.8 Å². The molecule has 0 saturated heterocycles. The van der Waals surface area contributed by atoms with Crippen molar-refractivity contribution in [1.82, 2.24) is 19.6 Å². The number of hydrogen-bond donors (Lipinski definition) is 0. The number of hydrogen-bond acceptors (Lipinski definition) is 2. The molecule has 0 aliphatic heterocycles. The summed E-state index contributed by atoms with van der Waals surface area (Å²) in [6.45, 7) is 0. The highest BCUT2D eigenvalue weighted by Crippen LogP contribution is 2.26. The van der Waals surface area contributed by atoms with E-state index in [1.807, 2.05) is 94.4 Å². The smallest absolute Gasteiger partial charge is 0.169 e. The molecular formula is C18H14N4. The van der Waals surface area contributed by atoms with Crippen LogP contribution in [0.15, 0.2) is 85.2 Å². The van der Waals surface area contributed by atoms with Crippen LogP contribution in [-0.2, 0) is 0 Å². The largest absolute Gasteiger partial charge is 0.307 e. The second-order valence-corrected chi connectivity index (χ2v) is 4.97. The van der Waals surface area contributed by atoms with Crippen LogP contribution in [-0.4, -0.2) is 19.6 Å². The van der Waals surface area contributed by atoms with Gasteiger partial charge in [0.1, 0.15) is 5.69 Å². The van der Waals surface area contributed by atoms with Crippen molar-refractivity contribution < 1.29 is 0 Å². The molecule has 4 rings (SSSR count). The van der Waals surface area contributed by atoms with Gasteiger partial charge in [0.15, 0.2) is 5.82 Å². The minimum Gasteiger partial charge on any atom is -0.307 e. The second kappa shape index (κ2) is 5.33. The fourth-order valence-corrected chi connectivity index (χ4v) is 2.51. The molecule has 0 aliphatic carbocycles. The SMILES string of the molecule is c1ccc(-c2nnn(-c3ccccc3)c2-n2cccc2)cc1. The van der Waals surface area contributed by atoms with Gasteiger partial charge in [-0.2, -0.15) is 4.68 Å². The molecule has 0 amide bonds. The molecule has 4 aromatic rings. The third kappa shape index (κ3) is 2.11. The van der Waals surface area contributed by atoms with Crippen molar-refractivity contribution in [3.05, 3.63) is 85.2 Å². The minimum atomic E-state index is 0.862. The van der Waals surface area contributed by atoms with E-state index in [9.17, 15) is 0 Å². The Morgan fingerprint density at radius 1 is 0.682 bits per heavy atom. The Balaban J connectivity index is 1.96. The normalized spacial score (nSPS) is 10.7. The quantitative estimate of drug-likeness (QED) is 0.575. The summed E-state index contributed by atoms with van der Waals surface area (Å²) in [6, 6.07) is 24.2. The highest BCUT2D eigenvalue weighted by Gasteiger charge is 2.16. The summed E-state index contributed by atoms with van der Waals surface area (Å²) in [5.41, 5.74) is 2.90. The monoisotopic (exact) mass is 286 g/mol.